The Morgan fingerprint density at radius 2 is 1.94 bits per heavy atom. The molecule has 1 aromatic rings. The summed E-state index contributed by atoms with van der Waals surface area (Å²) in [6, 6.07) is 9.51. The Morgan fingerprint density at radius 1 is 1.24 bits per heavy atom. The number of nitrogens with one attached hydrogen (secondary N) is 1. The lowest BCUT2D eigenvalue weighted by Crippen LogP contribution is -2.31. The third-order valence-corrected chi connectivity index (χ3v) is 3.98. The molecule has 0 fully saturated rings. The van der Waals surface area contributed by atoms with Crippen LogP contribution in [0.25, 0.3) is 0 Å². The normalized spacial score (nSPS) is 14.6. The SMILES string of the molecule is CCCCC(CC)N[C@H](C)c1ccccc1Br. The molecule has 17 heavy (non-hydrogen) atoms. The van der Waals surface area contributed by atoms with Gasteiger partial charge in [0.1, 0.15) is 0 Å². The fourth-order valence-corrected chi connectivity index (χ4v) is 2.75. The van der Waals surface area contributed by atoms with E-state index in [2.05, 4.69) is 66.3 Å². The zero-order chi connectivity index (χ0) is 12.7. The quantitative estimate of drug-likeness (QED) is 0.741. The summed E-state index contributed by atoms with van der Waals surface area (Å²) in [6.45, 7) is 6.76. The standard InChI is InChI=1S/C15H24BrN/c1-4-6-9-13(5-2)17-12(3)14-10-7-8-11-15(14)16/h7-8,10-13,17H,4-6,9H2,1-3H3/t12-,13?/m1/s1. The molecule has 1 aromatic carbocycles. The highest BCUT2D eigenvalue weighted by Crippen LogP contribution is 2.23. The number of hydrogen-bond donors (Lipinski definition) is 1. The summed E-state index contributed by atoms with van der Waals surface area (Å²) in [5.41, 5.74) is 1.35. The van der Waals surface area contributed by atoms with Crippen molar-refractivity contribution in [1.82, 2.24) is 5.32 Å². The molecule has 0 aliphatic rings. The van der Waals surface area contributed by atoms with E-state index in [9.17, 15) is 0 Å². The molecule has 0 amide bonds. The van der Waals surface area contributed by atoms with Crippen LogP contribution >= 0.6 is 15.9 Å². The van der Waals surface area contributed by atoms with E-state index in [1.165, 1.54) is 35.7 Å². The fourth-order valence-electron chi connectivity index (χ4n) is 2.13. The van der Waals surface area contributed by atoms with Crippen molar-refractivity contribution in [2.45, 2.75) is 58.5 Å². The van der Waals surface area contributed by atoms with Gasteiger partial charge in [-0.1, -0.05) is 60.8 Å². The minimum Gasteiger partial charge on any atom is -0.307 e. The van der Waals surface area contributed by atoms with Crippen LogP contribution in [0.5, 0.6) is 0 Å². The van der Waals surface area contributed by atoms with E-state index in [4.69, 9.17) is 0 Å². The second-order valence-electron chi connectivity index (χ2n) is 4.66. The van der Waals surface area contributed by atoms with E-state index in [-0.39, 0.29) is 0 Å². The van der Waals surface area contributed by atoms with Crippen molar-refractivity contribution in [1.29, 1.82) is 0 Å². The molecular formula is C15H24BrN. The van der Waals surface area contributed by atoms with Crippen LogP contribution in [-0.2, 0) is 0 Å². The monoisotopic (exact) mass is 297 g/mol. The molecule has 1 N–H and O–H groups in total. The second kappa shape index (κ2) is 7.88. The van der Waals surface area contributed by atoms with Gasteiger partial charge in [-0.15, -0.1) is 0 Å². The Bertz CT molecular complexity index is 324. The van der Waals surface area contributed by atoms with Gasteiger partial charge in [0.2, 0.25) is 0 Å². The molecule has 2 heteroatoms. The van der Waals surface area contributed by atoms with Crippen molar-refractivity contribution in [2.75, 3.05) is 0 Å². The first-order valence-corrected chi connectivity index (χ1v) is 7.48. The van der Waals surface area contributed by atoms with Crippen LogP contribution in [0.4, 0.5) is 0 Å². The first kappa shape index (κ1) is 14.7. The molecule has 0 saturated heterocycles. The minimum absolute atomic E-state index is 0.410. The maximum atomic E-state index is 3.73. The zero-order valence-electron chi connectivity index (χ0n) is 11.2. The molecule has 1 rings (SSSR count). The number of halogens is 1. The van der Waals surface area contributed by atoms with Crippen molar-refractivity contribution >= 4 is 15.9 Å². The Balaban J connectivity index is 2.58. The lowest BCUT2D eigenvalue weighted by atomic mass is 10.0. The summed E-state index contributed by atoms with van der Waals surface area (Å²) < 4.78 is 1.20. The summed E-state index contributed by atoms with van der Waals surface area (Å²) >= 11 is 3.62. The van der Waals surface area contributed by atoms with Gasteiger partial charge in [0, 0.05) is 16.6 Å². The molecule has 0 heterocycles. The van der Waals surface area contributed by atoms with Crippen molar-refractivity contribution in [3.8, 4) is 0 Å². The van der Waals surface area contributed by atoms with E-state index in [0.29, 0.717) is 12.1 Å². The second-order valence-corrected chi connectivity index (χ2v) is 5.51. The predicted molar refractivity (Wildman–Crippen MR) is 79.3 cm³/mol. The van der Waals surface area contributed by atoms with Crippen LogP contribution < -0.4 is 5.32 Å². The average Bonchev–Trinajstić information content (AvgIpc) is 2.34. The fraction of sp³-hybridized carbons (Fsp3) is 0.600. The summed E-state index contributed by atoms with van der Waals surface area (Å²) in [5.74, 6) is 0. The smallest absolute Gasteiger partial charge is 0.0305 e. The average molecular weight is 298 g/mol. The molecular weight excluding hydrogens is 274 g/mol. The van der Waals surface area contributed by atoms with E-state index in [1.54, 1.807) is 0 Å². The van der Waals surface area contributed by atoms with Gasteiger partial charge in [-0.2, -0.15) is 0 Å². The summed E-state index contributed by atoms with van der Waals surface area (Å²) in [4.78, 5) is 0. The molecule has 2 atom stereocenters. The molecule has 0 radical (unpaired) electrons. The third kappa shape index (κ3) is 4.81. The van der Waals surface area contributed by atoms with Gasteiger partial charge >= 0.3 is 0 Å². The maximum Gasteiger partial charge on any atom is 0.0305 e. The van der Waals surface area contributed by atoms with E-state index < -0.39 is 0 Å². The molecule has 0 aliphatic carbocycles. The van der Waals surface area contributed by atoms with Gasteiger partial charge in [0.15, 0.2) is 0 Å². The van der Waals surface area contributed by atoms with E-state index in [1.807, 2.05) is 0 Å². The Hall–Kier alpha value is -0.340. The molecule has 0 aliphatic heterocycles. The zero-order valence-corrected chi connectivity index (χ0v) is 12.8. The van der Waals surface area contributed by atoms with Gasteiger partial charge in [0.05, 0.1) is 0 Å². The van der Waals surface area contributed by atoms with Crippen LogP contribution in [0, 0.1) is 0 Å². The van der Waals surface area contributed by atoms with Crippen molar-refractivity contribution < 1.29 is 0 Å². The van der Waals surface area contributed by atoms with Crippen LogP contribution in [0.3, 0.4) is 0 Å². The highest BCUT2D eigenvalue weighted by atomic mass is 79.9. The Morgan fingerprint density at radius 3 is 2.53 bits per heavy atom. The van der Waals surface area contributed by atoms with Crippen LogP contribution in [0.2, 0.25) is 0 Å². The van der Waals surface area contributed by atoms with Crippen molar-refractivity contribution in [2.24, 2.45) is 0 Å². The minimum atomic E-state index is 0.410. The van der Waals surface area contributed by atoms with Gasteiger partial charge in [-0.05, 0) is 31.4 Å². The third-order valence-electron chi connectivity index (χ3n) is 3.26. The number of hydrogen-bond acceptors (Lipinski definition) is 1. The van der Waals surface area contributed by atoms with Crippen molar-refractivity contribution in [3.63, 3.8) is 0 Å². The van der Waals surface area contributed by atoms with Gasteiger partial charge in [-0.3, -0.25) is 0 Å². The van der Waals surface area contributed by atoms with Crippen molar-refractivity contribution in [3.05, 3.63) is 34.3 Å². The number of unbranched alkanes of at least 4 members (excludes halogenated alkanes) is 1. The highest BCUT2D eigenvalue weighted by molar-refractivity contribution is 9.10. The van der Waals surface area contributed by atoms with E-state index in [0.717, 1.165) is 0 Å². The number of rotatable bonds is 7. The van der Waals surface area contributed by atoms with Crippen LogP contribution in [0.1, 0.15) is 58.1 Å². The summed E-state index contributed by atoms with van der Waals surface area (Å²) in [7, 11) is 0. The predicted octanol–water partition coefficient (Wildman–Crippen LogP) is 5.07. The van der Waals surface area contributed by atoms with Gasteiger partial charge in [-0.25, -0.2) is 0 Å². The molecule has 0 bridgehead atoms. The lowest BCUT2D eigenvalue weighted by Gasteiger charge is -2.23. The Kier molecular flexibility index (Phi) is 6.83. The van der Waals surface area contributed by atoms with Gasteiger partial charge in [0.25, 0.3) is 0 Å². The van der Waals surface area contributed by atoms with E-state index >= 15 is 0 Å². The maximum absolute atomic E-state index is 3.73. The molecule has 0 spiro atoms. The topological polar surface area (TPSA) is 12.0 Å². The first-order chi connectivity index (χ1) is 8.19. The lowest BCUT2D eigenvalue weighted by molar-refractivity contribution is 0.409. The van der Waals surface area contributed by atoms with Gasteiger partial charge < -0.3 is 5.32 Å². The molecule has 1 nitrogen and oxygen atoms in total. The summed E-state index contributed by atoms with van der Waals surface area (Å²) in [6.07, 6.45) is 5.08. The largest absolute Gasteiger partial charge is 0.307 e. The number of benzene rings is 1. The molecule has 96 valence electrons. The Labute approximate surface area is 114 Å². The summed E-state index contributed by atoms with van der Waals surface area (Å²) in [5, 5.41) is 3.73. The highest BCUT2D eigenvalue weighted by Gasteiger charge is 2.13. The van der Waals surface area contributed by atoms with Crippen LogP contribution in [-0.4, -0.2) is 6.04 Å². The molecule has 0 aromatic heterocycles. The first-order valence-electron chi connectivity index (χ1n) is 6.69. The molecule has 1 unspecified atom stereocenters. The molecule has 0 saturated carbocycles. The van der Waals surface area contributed by atoms with Crippen LogP contribution in [0.15, 0.2) is 28.7 Å².